The molecule has 3 heteroatoms. The summed E-state index contributed by atoms with van der Waals surface area (Å²) in [6.07, 6.45) is 3.96. The van der Waals surface area contributed by atoms with E-state index in [1.54, 1.807) is 10.4 Å². The highest BCUT2D eigenvalue weighted by Gasteiger charge is 2.18. The maximum atomic E-state index is 3.75. The summed E-state index contributed by atoms with van der Waals surface area (Å²) in [6.45, 7) is 5.61. The Kier molecular flexibility index (Phi) is 4.06. The molecule has 0 bridgehead atoms. The summed E-state index contributed by atoms with van der Waals surface area (Å²) >= 11 is 3.87. The molecule has 1 aliphatic carbocycles. The lowest BCUT2D eigenvalue weighted by Gasteiger charge is -2.21. The molecular weight excluding hydrogens is 270 g/mol. The summed E-state index contributed by atoms with van der Waals surface area (Å²) in [4.78, 5) is 4.60. The molecule has 0 spiro atoms. The third-order valence-electron chi connectivity index (χ3n) is 3.81. The van der Waals surface area contributed by atoms with Gasteiger partial charge in [0.1, 0.15) is 0 Å². The van der Waals surface area contributed by atoms with Crippen molar-refractivity contribution in [3.8, 4) is 0 Å². The Bertz CT molecular complexity index is 503. The van der Waals surface area contributed by atoms with Gasteiger partial charge in [-0.2, -0.15) is 0 Å². The second kappa shape index (κ2) is 5.78. The number of thiophene rings is 2. The first kappa shape index (κ1) is 13.3. The van der Waals surface area contributed by atoms with Crippen molar-refractivity contribution in [3.63, 3.8) is 0 Å². The van der Waals surface area contributed by atoms with Gasteiger partial charge in [-0.05, 0) is 48.3 Å². The predicted octanol–water partition coefficient (Wildman–Crippen LogP) is 4.79. The van der Waals surface area contributed by atoms with Crippen molar-refractivity contribution in [2.45, 2.75) is 45.7 Å². The molecule has 0 saturated carbocycles. The molecule has 0 fully saturated rings. The second-order valence-corrected chi connectivity index (χ2v) is 7.83. The number of aryl methyl sites for hydroxylation is 2. The van der Waals surface area contributed by atoms with E-state index >= 15 is 0 Å². The van der Waals surface area contributed by atoms with Gasteiger partial charge in [0.2, 0.25) is 0 Å². The topological polar surface area (TPSA) is 12.0 Å². The minimum atomic E-state index is 0.483. The average Bonchev–Trinajstić information content (AvgIpc) is 3.02. The highest BCUT2D eigenvalue weighted by atomic mass is 32.1. The number of fused-ring (bicyclic) bond motifs is 1. The van der Waals surface area contributed by atoms with Crippen molar-refractivity contribution in [2.75, 3.05) is 0 Å². The van der Waals surface area contributed by atoms with Gasteiger partial charge in [-0.1, -0.05) is 19.9 Å². The fraction of sp³-hybridized carbons (Fsp3) is 0.500. The lowest BCUT2D eigenvalue weighted by Crippen LogP contribution is -2.24. The maximum Gasteiger partial charge on any atom is 0.0440 e. The van der Waals surface area contributed by atoms with Crippen LogP contribution < -0.4 is 5.32 Å². The van der Waals surface area contributed by atoms with Crippen LogP contribution >= 0.6 is 22.7 Å². The van der Waals surface area contributed by atoms with Gasteiger partial charge < -0.3 is 5.32 Å². The van der Waals surface area contributed by atoms with E-state index in [1.165, 1.54) is 29.0 Å². The third-order valence-corrected chi connectivity index (χ3v) is 6.00. The van der Waals surface area contributed by atoms with Crippen molar-refractivity contribution < 1.29 is 0 Å². The normalized spacial score (nSPS) is 15.9. The Balaban J connectivity index is 1.66. The molecule has 1 unspecified atom stereocenters. The van der Waals surface area contributed by atoms with E-state index in [0.717, 1.165) is 6.54 Å². The molecule has 102 valence electrons. The Morgan fingerprint density at radius 1 is 1.32 bits per heavy atom. The molecule has 1 nitrogen and oxygen atoms in total. The van der Waals surface area contributed by atoms with E-state index < -0.39 is 0 Å². The lowest BCUT2D eigenvalue weighted by molar-refractivity contribution is 0.418. The summed E-state index contributed by atoms with van der Waals surface area (Å²) in [5.74, 6) is 0.630. The third kappa shape index (κ3) is 2.93. The van der Waals surface area contributed by atoms with Gasteiger partial charge in [-0.15, -0.1) is 22.7 Å². The molecule has 2 aromatic heterocycles. The van der Waals surface area contributed by atoms with Crippen LogP contribution in [0.4, 0.5) is 0 Å². The van der Waals surface area contributed by atoms with Crippen LogP contribution in [0.1, 0.15) is 46.5 Å². The molecule has 0 aliphatic heterocycles. The molecule has 3 rings (SSSR count). The van der Waals surface area contributed by atoms with Crippen molar-refractivity contribution in [1.82, 2.24) is 5.32 Å². The Hall–Kier alpha value is -0.640. The van der Waals surface area contributed by atoms with Crippen LogP contribution in [0.2, 0.25) is 0 Å². The van der Waals surface area contributed by atoms with Crippen LogP contribution in [-0.4, -0.2) is 0 Å². The van der Waals surface area contributed by atoms with Crippen molar-refractivity contribution in [2.24, 2.45) is 5.92 Å². The van der Waals surface area contributed by atoms with E-state index in [4.69, 9.17) is 0 Å². The molecular formula is C16H21NS2. The van der Waals surface area contributed by atoms with E-state index in [-0.39, 0.29) is 0 Å². The molecule has 1 N–H and O–H groups in total. The zero-order chi connectivity index (χ0) is 13.2. The minimum Gasteiger partial charge on any atom is -0.304 e. The SMILES string of the molecule is CC(C)C(NCc1cc2c(s1)CCC2)c1cccs1. The number of rotatable bonds is 5. The summed E-state index contributed by atoms with van der Waals surface area (Å²) in [5, 5.41) is 5.92. The van der Waals surface area contributed by atoms with Crippen LogP contribution in [-0.2, 0) is 19.4 Å². The average molecular weight is 291 g/mol. The largest absolute Gasteiger partial charge is 0.304 e. The summed E-state index contributed by atoms with van der Waals surface area (Å²) in [5.41, 5.74) is 1.61. The van der Waals surface area contributed by atoms with Crippen molar-refractivity contribution >= 4 is 22.7 Å². The molecule has 1 aliphatic rings. The van der Waals surface area contributed by atoms with Gasteiger partial charge in [-0.25, -0.2) is 0 Å². The van der Waals surface area contributed by atoms with Crippen LogP contribution in [0.3, 0.4) is 0 Å². The van der Waals surface area contributed by atoms with Gasteiger partial charge in [0.05, 0.1) is 0 Å². The van der Waals surface area contributed by atoms with Gasteiger partial charge in [0.25, 0.3) is 0 Å². The van der Waals surface area contributed by atoms with Crippen molar-refractivity contribution in [1.29, 1.82) is 0 Å². The molecule has 19 heavy (non-hydrogen) atoms. The zero-order valence-corrected chi connectivity index (χ0v) is 13.2. The Morgan fingerprint density at radius 3 is 2.89 bits per heavy atom. The molecule has 0 amide bonds. The maximum absolute atomic E-state index is 3.75. The van der Waals surface area contributed by atoms with Gasteiger partial charge >= 0.3 is 0 Å². The monoisotopic (exact) mass is 291 g/mol. The molecule has 2 aromatic rings. The first-order valence-corrected chi connectivity index (χ1v) is 8.81. The van der Waals surface area contributed by atoms with E-state index in [1.807, 2.05) is 22.7 Å². The minimum absolute atomic E-state index is 0.483. The summed E-state index contributed by atoms with van der Waals surface area (Å²) < 4.78 is 0. The van der Waals surface area contributed by atoms with E-state index in [0.29, 0.717) is 12.0 Å². The Labute approximate surface area is 123 Å². The van der Waals surface area contributed by atoms with Crippen molar-refractivity contribution in [3.05, 3.63) is 43.8 Å². The Morgan fingerprint density at radius 2 is 2.21 bits per heavy atom. The first-order chi connectivity index (χ1) is 9.24. The fourth-order valence-corrected chi connectivity index (χ4v) is 5.01. The van der Waals surface area contributed by atoms with Crippen LogP contribution in [0.25, 0.3) is 0 Å². The standard InChI is InChI=1S/C16H21NS2/c1-11(2)16(15-7-4-8-18-15)17-10-13-9-12-5-3-6-14(12)19-13/h4,7-9,11,16-17H,3,5-6,10H2,1-2H3. The van der Waals surface area contributed by atoms with Crippen LogP contribution in [0, 0.1) is 5.92 Å². The highest BCUT2D eigenvalue weighted by Crippen LogP contribution is 2.32. The van der Waals surface area contributed by atoms with E-state index in [9.17, 15) is 0 Å². The quantitative estimate of drug-likeness (QED) is 0.835. The number of nitrogens with one attached hydrogen (secondary N) is 1. The molecule has 0 aromatic carbocycles. The lowest BCUT2D eigenvalue weighted by atomic mass is 10.0. The highest BCUT2D eigenvalue weighted by molar-refractivity contribution is 7.12. The molecule has 2 heterocycles. The van der Waals surface area contributed by atoms with Crippen LogP contribution in [0.15, 0.2) is 23.6 Å². The first-order valence-electron chi connectivity index (χ1n) is 7.11. The summed E-state index contributed by atoms with van der Waals surface area (Å²) in [7, 11) is 0. The fourth-order valence-electron chi connectivity index (χ4n) is 2.82. The predicted molar refractivity (Wildman–Crippen MR) is 85.1 cm³/mol. The molecule has 0 radical (unpaired) electrons. The summed E-state index contributed by atoms with van der Waals surface area (Å²) in [6, 6.07) is 7.30. The van der Waals surface area contributed by atoms with Gasteiger partial charge in [-0.3, -0.25) is 0 Å². The van der Waals surface area contributed by atoms with Gasteiger partial charge in [0.15, 0.2) is 0 Å². The number of hydrogen-bond acceptors (Lipinski definition) is 3. The van der Waals surface area contributed by atoms with Crippen LogP contribution in [0.5, 0.6) is 0 Å². The zero-order valence-electron chi connectivity index (χ0n) is 11.6. The van der Waals surface area contributed by atoms with E-state index in [2.05, 4.69) is 42.7 Å². The number of hydrogen-bond donors (Lipinski definition) is 1. The molecule has 0 saturated heterocycles. The molecule has 1 atom stereocenters. The second-order valence-electron chi connectivity index (χ2n) is 5.63. The van der Waals surface area contributed by atoms with Gasteiger partial charge in [0, 0.05) is 27.2 Å². The smallest absolute Gasteiger partial charge is 0.0440 e.